The van der Waals surface area contributed by atoms with E-state index in [1.807, 2.05) is 6.92 Å². The second-order valence-electron chi connectivity index (χ2n) is 20.7. The molecule has 0 radical (unpaired) electrons. The molecule has 0 aliphatic heterocycles. The van der Waals surface area contributed by atoms with Gasteiger partial charge in [-0.1, -0.05) is 111 Å². The number of aliphatic hydroxyl groups is 4. The molecule has 338 valence electrons. The number of carbonyl (C=O) groups is 4. The molecule has 0 saturated carbocycles. The van der Waals surface area contributed by atoms with E-state index in [1.165, 1.54) is 0 Å². The molecule has 0 aromatic carbocycles. The van der Waals surface area contributed by atoms with Gasteiger partial charge in [-0.05, 0) is 119 Å². The lowest BCUT2D eigenvalue weighted by Crippen LogP contribution is -2.42. The van der Waals surface area contributed by atoms with Gasteiger partial charge in [0.25, 0.3) is 0 Å². The summed E-state index contributed by atoms with van der Waals surface area (Å²) < 4.78 is 0. The summed E-state index contributed by atoms with van der Waals surface area (Å²) in [5.41, 5.74) is -1.58. The third-order valence-electron chi connectivity index (χ3n) is 12.5. The van der Waals surface area contributed by atoms with E-state index in [2.05, 4.69) is 83.1 Å². The second-order valence-corrected chi connectivity index (χ2v) is 20.7. The lowest BCUT2D eigenvalue weighted by molar-refractivity contribution is -0.131. The summed E-state index contributed by atoms with van der Waals surface area (Å²) in [5.74, 6) is -0.463. The van der Waals surface area contributed by atoms with E-state index in [-0.39, 0.29) is 63.2 Å². The Bertz CT molecular complexity index is 1550. The van der Waals surface area contributed by atoms with E-state index in [9.17, 15) is 39.6 Å². The van der Waals surface area contributed by atoms with Crippen molar-refractivity contribution >= 4 is 23.1 Å². The molecule has 2 aliphatic rings. The molecular formula is C51H86O8. The first-order valence-corrected chi connectivity index (χ1v) is 23.1. The van der Waals surface area contributed by atoms with Crippen molar-refractivity contribution in [2.24, 2.45) is 58.2 Å². The van der Waals surface area contributed by atoms with Crippen LogP contribution in [0.1, 0.15) is 194 Å². The molecule has 0 bridgehead atoms. The summed E-state index contributed by atoms with van der Waals surface area (Å²) in [6.45, 7) is 32.3. The van der Waals surface area contributed by atoms with Crippen LogP contribution in [0.4, 0.5) is 0 Å². The quantitative estimate of drug-likeness (QED) is 0.0744. The molecule has 8 heteroatoms. The zero-order valence-electron chi connectivity index (χ0n) is 40.2. The van der Waals surface area contributed by atoms with Crippen molar-refractivity contribution in [1.29, 1.82) is 0 Å². The zero-order chi connectivity index (χ0) is 45.7. The fourth-order valence-electron chi connectivity index (χ4n) is 7.85. The number of rotatable bonds is 23. The molecule has 1 unspecified atom stereocenters. The Morgan fingerprint density at radius 3 is 0.966 bits per heavy atom. The molecular weight excluding hydrogens is 741 g/mol. The third kappa shape index (κ3) is 13.9. The van der Waals surface area contributed by atoms with Crippen molar-refractivity contribution in [3.8, 4) is 0 Å². The fourth-order valence-corrected chi connectivity index (χ4v) is 7.85. The van der Waals surface area contributed by atoms with Gasteiger partial charge in [-0.25, -0.2) is 0 Å². The monoisotopic (exact) mass is 827 g/mol. The number of allylic oxidation sites excluding steroid dienone is 6. The first-order valence-electron chi connectivity index (χ1n) is 23.1. The van der Waals surface area contributed by atoms with E-state index in [4.69, 9.17) is 0 Å². The van der Waals surface area contributed by atoms with Gasteiger partial charge in [-0.15, -0.1) is 0 Å². The number of Topliss-reactive ketones (excluding diaryl/α,β-unsaturated/α-hetero) is 4. The largest absolute Gasteiger partial charge is 0.511 e. The van der Waals surface area contributed by atoms with E-state index >= 15 is 0 Å². The molecule has 0 fully saturated rings. The molecule has 1 atom stereocenters. The van der Waals surface area contributed by atoms with Gasteiger partial charge in [0, 0.05) is 23.0 Å². The second kappa shape index (κ2) is 23.7. The van der Waals surface area contributed by atoms with Gasteiger partial charge in [0.15, 0.2) is 23.1 Å². The SMILES string of the molecule is CC(C)CCC1=C(O)C(CCC(C)C)(CCC(C)C)C(=O)C(C(=O)C(C)C)=C1O.CCC(C)C(=O)C1=C(O)C(CCC(C)C)=C(O)C(CCC(C)C)(CCC(C)C)C1=O. The van der Waals surface area contributed by atoms with Gasteiger partial charge in [-0.3, -0.25) is 19.2 Å². The van der Waals surface area contributed by atoms with Crippen LogP contribution in [-0.4, -0.2) is 43.6 Å². The first kappa shape index (κ1) is 53.9. The normalized spacial score (nSPS) is 17.8. The van der Waals surface area contributed by atoms with Crippen LogP contribution in [-0.2, 0) is 19.2 Å². The fraction of sp³-hybridized carbons (Fsp3) is 0.765. The predicted molar refractivity (Wildman–Crippen MR) is 242 cm³/mol. The summed E-state index contributed by atoms with van der Waals surface area (Å²) >= 11 is 0. The van der Waals surface area contributed by atoms with Crippen LogP contribution in [0, 0.1) is 58.2 Å². The van der Waals surface area contributed by atoms with Gasteiger partial charge < -0.3 is 20.4 Å². The Kier molecular flexibility index (Phi) is 21.7. The van der Waals surface area contributed by atoms with Crippen LogP contribution in [0.3, 0.4) is 0 Å². The maximum absolute atomic E-state index is 13.8. The Labute approximate surface area is 359 Å². The van der Waals surface area contributed by atoms with Crippen molar-refractivity contribution in [2.45, 2.75) is 194 Å². The number of ketones is 4. The smallest absolute Gasteiger partial charge is 0.183 e. The molecule has 59 heavy (non-hydrogen) atoms. The highest BCUT2D eigenvalue weighted by atomic mass is 16.3. The Morgan fingerprint density at radius 2 is 0.729 bits per heavy atom. The summed E-state index contributed by atoms with van der Waals surface area (Å²) in [7, 11) is 0. The van der Waals surface area contributed by atoms with Gasteiger partial charge in [0.2, 0.25) is 0 Å². The van der Waals surface area contributed by atoms with Crippen molar-refractivity contribution < 1.29 is 39.6 Å². The molecule has 4 N–H and O–H groups in total. The van der Waals surface area contributed by atoms with E-state index in [0.717, 1.165) is 38.5 Å². The molecule has 2 rings (SSSR count). The van der Waals surface area contributed by atoms with Crippen LogP contribution in [0.2, 0.25) is 0 Å². The number of hydrogen-bond acceptors (Lipinski definition) is 8. The van der Waals surface area contributed by atoms with E-state index in [0.29, 0.717) is 91.6 Å². The van der Waals surface area contributed by atoms with Gasteiger partial charge >= 0.3 is 0 Å². The van der Waals surface area contributed by atoms with E-state index < -0.39 is 16.7 Å². The molecule has 2 aliphatic carbocycles. The Morgan fingerprint density at radius 1 is 0.458 bits per heavy atom. The summed E-state index contributed by atoms with van der Waals surface area (Å²) in [4.78, 5) is 53.6. The predicted octanol–water partition coefficient (Wildman–Crippen LogP) is 13.8. The molecule has 0 heterocycles. The highest BCUT2D eigenvalue weighted by Gasteiger charge is 2.52. The molecule has 0 aromatic rings. The first-order chi connectivity index (χ1) is 27.2. The highest BCUT2D eigenvalue weighted by Crippen LogP contribution is 2.50. The molecule has 0 amide bonds. The average molecular weight is 827 g/mol. The summed E-state index contributed by atoms with van der Waals surface area (Å²) in [5, 5.41) is 44.7. The van der Waals surface area contributed by atoms with E-state index in [1.54, 1.807) is 20.8 Å². The minimum atomic E-state index is -1.11. The zero-order valence-corrected chi connectivity index (χ0v) is 40.2. The maximum Gasteiger partial charge on any atom is 0.183 e. The van der Waals surface area contributed by atoms with Crippen LogP contribution < -0.4 is 0 Å². The average Bonchev–Trinajstić information content (AvgIpc) is 3.13. The van der Waals surface area contributed by atoms with Crippen LogP contribution >= 0.6 is 0 Å². The van der Waals surface area contributed by atoms with Gasteiger partial charge in [-0.2, -0.15) is 0 Å². The maximum atomic E-state index is 13.8. The van der Waals surface area contributed by atoms with Crippen LogP contribution in [0.15, 0.2) is 45.3 Å². The molecule has 0 spiro atoms. The van der Waals surface area contributed by atoms with Gasteiger partial charge in [0.05, 0.1) is 10.8 Å². The Hall–Kier alpha value is -3.16. The minimum Gasteiger partial charge on any atom is -0.511 e. The van der Waals surface area contributed by atoms with Crippen molar-refractivity contribution in [3.05, 3.63) is 45.3 Å². The number of carbonyl (C=O) groups excluding carboxylic acids is 4. The third-order valence-corrected chi connectivity index (χ3v) is 12.5. The lowest BCUT2D eigenvalue weighted by atomic mass is 9.64. The van der Waals surface area contributed by atoms with Crippen LogP contribution in [0.25, 0.3) is 0 Å². The van der Waals surface area contributed by atoms with Crippen molar-refractivity contribution in [3.63, 3.8) is 0 Å². The summed E-state index contributed by atoms with van der Waals surface area (Å²) in [6, 6.07) is 0. The Balaban J connectivity index is 0.000000590. The van der Waals surface area contributed by atoms with Gasteiger partial charge in [0.1, 0.15) is 34.2 Å². The summed E-state index contributed by atoms with van der Waals surface area (Å²) in [6.07, 6.45) is 8.15. The topological polar surface area (TPSA) is 149 Å². The molecule has 0 saturated heterocycles. The number of hydrogen-bond donors (Lipinski definition) is 4. The van der Waals surface area contributed by atoms with Crippen molar-refractivity contribution in [1.82, 2.24) is 0 Å². The van der Waals surface area contributed by atoms with Crippen molar-refractivity contribution in [2.75, 3.05) is 0 Å². The lowest BCUT2D eigenvalue weighted by Gasteiger charge is -2.38. The number of aliphatic hydroxyl groups excluding tert-OH is 4. The molecule has 0 aromatic heterocycles. The standard InChI is InChI=1S/C26H44O4.C25H42O4/c1-9-19(8)22(27)21-23(28)20(11-10-16(2)3)24(29)26(25(21)30,14-12-17(4)5)15-13-18(6)7;1-15(2)9-10-19-22(27)20(21(26)18(7)8)24(29)25(23(19)28,13-11-16(3)4)14-12-17(5)6/h16-19,28-29H,9-15H2,1-8H3;15-18,27-28H,9-14H2,1-8H3. The minimum absolute atomic E-state index is 0.00209. The molecule has 8 nitrogen and oxygen atoms in total. The highest BCUT2D eigenvalue weighted by molar-refractivity contribution is 6.25. The van der Waals surface area contributed by atoms with Crippen LogP contribution in [0.5, 0.6) is 0 Å².